The number of methoxy groups -OCH3 is 1. The van der Waals surface area contributed by atoms with Gasteiger partial charge in [-0.2, -0.15) is 0 Å². The molecule has 0 aliphatic heterocycles. The van der Waals surface area contributed by atoms with Crippen LogP contribution >= 0.6 is 0 Å². The Labute approximate surface area is 43.0 Å². The lowest BCUT2D eigenvalue weighted by Gasteiger charge is -1.95. The van der Waals surface area contributed by atoms with E-state index in [1.54, 1.807) is 0 Å². The van der Waals surface area contributed by atoms with E-state index < -0.39 is 0 Å². The molecule has 7 heavy (non-hydrogen) atoms. The van der Waals surface area contributed by atoms with Gasteiger partial charge in [-0.1, -0.05) is 0 Å². The molecule has 0 aliphatic carbocycles. The summed E-state index contributed by atoms with van der Waals surface area (Å²) < 4.78 is 4.49. The van der Waals surface area contributed by atoms with Crippen molar-refractivity contribution in [2.45, 2.75) is 6.42 Å². The predicted octanol–water partition coefficient (Wildman–Crippen LogP) is -0.0411. The Hall–Kier alpha value is -0.570. The number of nitrogens with two attached hydrogens (primary N) is 1. The van der Waals surface area contributed by atoms with Gasteiger partial charge >= 0.3 is 0 Å². The topological polar surface area (TPSA) is 59.1 Å². The first-order valence-electron chi connectivity index (χ1n) is 2.12. The van der Waals surface area contributed by atoms with E-state index in [9.17, 15) is 0 Å². The van der Waals surface area contributed by atoms with Crippen molar-refractivity contribution in [1.29, 1.82) is 5.41 Å². The lowest BCUT2D eigenvalue weighted by atomic mass is 10.4. The van der Waals surface area contributed by atoms with Crippen LogP contribution in [0.4, 0.5) is 0 Å². The zero-order valence-electron chi connectivity index (χ0n) is 4.40. The molecular weight excluding hydrogens is 92.1 g/mol. The first-order valence-corrected chi connectivity index (χ1v) is 2.12. The van der Waals surface area contributed by atoms with E-state index in [0.29, 0.717) is 13.0 Å². The molecule has 0 spiro atoms. The molecule has 3 heteroatoms. The van der Waals surface area contributed by atoms with E-state index in [4.69, 9.17) is 11.1 Å². The average molecular weight is 102 g/mol. The van der Waals surface area contributed by atoms with Crippen LogP contribution in [-0.2, 0) is 4.74 Å². The van der Waals surface area contributed by atoms with Gasteiger partial charge in [0.25, 0.3) is 0 Å². The number of nitrogens with one attached hydrogen (secondary N) is 1. The SMILES string of the molecule is COC(=N)CCN. The van der Waals surface area contributed by atoms with Gasteiger partial charge in [0.05, 0.1) is 7.11 Å². The summed E-state index contributed by atoms with van der Waals surface area (Å²) in [5.74, 6) is 0.252. The van der Waals surface area contributed by atoms with Gasteiger partial charge < -0.3 is 10.5 Å². The molecule has 0 unspecified atom stereocenters. The number of rotatable bonds is 2. The average Bonchev–Trinajstić information content (AvgIpc) is 1.68. The summed E-state index contributed by atoms with van der Waals surface area (Å²) >= 11 is 0. The van der Waals surface area contributed by atoms with Gasteiger partial charge in [0, 0.05) is 13.0 Å². The molecule has 0 aromatic rings. The highest BCUT2D eigenvalue weighted by Gasteiger charge is 1.87. The highest BCUT2D eigenvalue weighted by molar-refractivity contribution is 5.72. The zero-order chi connectivity index (χ0) is 5.70. The van der Waals surface area contributed by atoms with E-state index in [-0.39, 0.29) is 5.90 Å². The molecule has 0 atom stereocenters. The molecule has 0 aromatic carbocycles. The summed E-state index contributed by atoms with van der Waals surface area (Å²) in [6.45, 7) is 0.493. The maximum absolute atomic E-state index is 6.84. The molecule has 0 rings (SSSR count). The molecule has 0 aromatic heterocycles. The molecule has 0 saturated carbocycles. The van der Waals surface area contributed by atoms with Gasteiger partial charge in [-0.05, 0) is 0 Å². The minimum atomic E-state index is 0.252. The molecular formula is C4H10N2O. The fourth-order valence-corrected chi connectivity index (χ4v) is 0.233. The second-order valence-corrected chi connectivity index (χ2v) is 1.17. The fourth-order valence-electron chi connectivity index (χ4n) is 0.233. The molecule has 0 aliphatic rings. The summed E-state index contributed by atoms with van der Waals surface area (Å²) in [6, 6.07) is 0. The summed E-state index contributed by atoms with van der Waals surface area (Å²) in [7, 11) is 1.47. The third kappa shape index (κ3) is 3.26. The lowest BCUT2D eigenvalue weighted by molar-refractivity contribution is 0.387. The molecule has 42 valence electrons. The normalized spacial score (nSPS) is 8.29. The maximum atomic E-state index is 6.84. The van der Waals surface area contributed by atoms with Crippen LogP contribution in [0.2, 0.25) is 0 Å². The first-order chi connectivity index (χ1) is 3.31. The van der Waals surface area contributed by atoms with Crippen molar-refractivity contribution in [2.75, 3.05) is 13.7 Å². The van der Waals surface area contributed by atoms with Crippen LogP contribution in [0.1, 0.15) is 6.42 Å². The molecule has 0 amide bonds. The highest BCUT2D eigenvalue weighted by atomic mass is 16.5. The largest absolute Gasteiger partial charge is 0.484 e. The minimum Gasteiger partial charge on any atom is -0.484 e. The van der Waals surface area contributed by atoms with E-state index in [1.807, 2.05) is 0 Å². The van der Waals surface area contributed by atoms with Gasteiger partial charge in [0.1, 0.15) is 0 Å². The predicted molar refractivity (Wildman–Crippen MR) is 28.4 cm³/mol. The minimum absolute atomic E-state index is 0.252. The van der Waals surface area contributed by atoms with Gasteiger partial charge in [-0.3, -0.25) is 5.41 Å². The Bertz CT molecular complexity index is 62.7. The van der Waals surface area contributed by atoms with Gasteiger partial charge in [-0.15, -0.1) is 0 Å². The number of ether oxygens (including phenoxy) is 1. The smallest absolute Gasteiger partial charge is 0.181 e. The van der Waals surface area contributed by atoms with Crippen LogP contribution in [0.5, 0.6) is 0 Å². The summed E-state index contributed by atoms with van der Waals surface area (Å²) in [5, 5.41) is 6.84. The van der Waals surface area contributed by atoms with E-state index in [2.05, 4.69) is 4.74 Å². The Morgan fingerprint density at radius 3 is 2.57 bits per heavy atom. The highest BCUT2D eigenvalue weighted by Crippen LogP contribution is 1.77. The molecule has 0 heterocycles. The van der Waals surface area contributed by atoms with E-state index in [0.717, 1.165) is 0 Å². The second-order valence-electron chi connectivity index (χ2n) is 1.17. The van der Waals surface area contributed by atoms with Gasteiger partial charge in [0.2, 0.25) is 0 Å². The van der Waals surface area contributed by atoms with Gasteiger partial charge in [0.15, 0.2) is 5.90 Å². The van der Waals surface area contributed by atoms with Crippen molar-refractivity contribution in [3.63, 3.8) is 0 Å². The van der Waals surface area contributed by atoms with Crippen molar-refractivity contribution in [1.82, 2.24) is 0 Å². The van der Waals surface area contributed by atoms with E-state index >= 15 is 0 Å². The summed E-state index contributed by atoms with van der Waals surface area (Å²) in [6.07, 6.45) is 0.538. The molecule has 0 fully saturated rings. The zero-order valence-corrected chi connectivity index (χ0v) is 4.40. The monoisotopic (exact) mass is 102 g/mol. The molecule has 3 N–H and O–H groups in total. The van der Waals surface area contributed by atoms with Crippen molar-refractivity contribution < 1.29 is 4.74 Å². The Morgan fingerprint density at radius 1 is 1.86 bits per heavy atom. The second kappa shape index (κ2) is 3.61. The number of hydrogen-bond donors (Lipinski definition) is 2. The summed E-state index contributed by atoms with van der Waals surface area (Å²) in [5.41, 5.74) is 5.08. The Balaban J connectivity index is 3.00. The quantitative estimate of drug-likeness (QED) is 0.379. The third-order valence-corrected chi connectivity index (χ3v) is 0.618. The van der Waals surface area contributed by atoms with Crippen LogP contribution in [-0.4, -0.2) is 19.6 Å². The standard InChI is InChI=1S/C4H10N2O/c1-7-4(6)2-3-5/h6H,2-3,5H2,1H3. The Morgan fingerprint density at radius 2 is 2.43 bits per heavy atom. The fraction of sp³-hybridized carbons (Fsp3) is 0.750. The van der Waals surface area contributed by atoms with E-state index in [1.165, 1.54) is 7.11 Å². The van der Waals surface area contributed by atoms with Crippen LogP contribution < -0.4 is 5.73 Å². The molecule has 0 saturated heterocycles. The first kappa shape index (κ1) is 6.43. The summed E-state index contributed by atoms with van der Waals surface area (Å²) in [4.78, 5) is 0. The van der Waals surface area contributed by atoms with Crippen LogP contribution in [0.25, 0.3) is 0 Å². The van der Waals surface area contributed by atoms with Crippen molar-refractivity contribution >= 4 is 5.90 Å². The van der Waals surface area contributed by atoms with Crippen LogP contribution in [0, 0.1) is 5.41 Å². The van der Waals surface area contributed by atoms with Gasteiger partial charge in [-0.25, -0.2) is 0 Å². The van der Waals surface area contributed by atoms with Crippen molar-refractivity contribution in [3.05, 3.63) is 0 Å². The molecule has 0 radical (unpaired) electrons. The molecule has 0 bridgehead atoms. The Kier molecular flexibility index (Phi) is 3.32. The van der Waals surface area contributed by atoms with Crippen LogP contribution in [0.3, 0.4) is 0 Å². The molecule has 3 nitrogen and oxygen atoms in total. The van der Waals surface area contributed by atoms with Crippen molar-refractivity contribution in [3.8, 4) is 0 Å². The lowest BCUT2D eigenvalue weighted by Crippen LogP contribution is -2.07. The maximum Gasteiger partial charge on any atom is 0.181 e. The van der Waals surface area contributed by atoms with Crippen LogP contribution in [0.15, 0.2) is 0 Å². The number of hydrogen-bond acceptors (Lipinski definition) is 3. The third-order valence-electron chi connectivity index (χ3n) is 0.618. The van der Waals surface area contributed by atoms with Crippen molar-refractivity contribution in [2.24, 2.45) is 5.73 Å².